The maximum atomic E-state index is 12.8. The first-order chi connectivity index (χ1) is 16.4. The molecule has 35 heavy (non-hydrogen) atoms. The molecule has 0 aromatic heterocycles. The topological polar surface area (TPSA) is 157 Å². The molecule has 1 aromatic carbocycles. The van der Waals surface area contributed by atoms with Gasteiger partial charge >= 0.3 is 6.09 Å². The molecule has 0 radical (unpaired) electrons. The van der Waals surface area contributed by atoms with Crippen LogP contribution in [0.15, 0.2) is 30.3 Å². The summed E-state index contributed by atoms with van der Waals surface area (Å²) in [6.07, 6.45) is -2.11. The van der Waals surface area contributed by atoms with Crippen molar-refractivity contribution >= 4 is 29.5 Å². The van der Waals surface area contributed by atoms with Gasteiger partial charge in [-0.1, -0.05) is 58.0 Å². The van der Waals surface area contributed by atoms with Crippen LogP contribution in [0.25, 0.3) is 0 Å². The van der Waals surface area contributed by atoms with Crippen LogP contribution in [0.4, 0.5) is 4.79 Å². The number of hydrogen-bond acceptors (Lipinski definition) is 7. The number of nitrogens with one attached hydrogen (secondary N) is 3. The smallest absolute Gasteiger partial charge is 0.408 e. The third-order valence-corrected chi connectivity index (χ3v) is 4.99. The minimum atomic E-state index is -1.44. The number of alkyl carbamates (subject to hydrolysis) is 1. The number of carbonyl (C=O) groups is 5. The molecule has 1 unspecified atom stereocenters. The highest BCUT2D eigenvalue weighted by atomic mass is 16.5. The molecule has 10 nitrogen and oxygen atoms in total. The summed E-state index contributed by atoms with van der Waals surface area (Å²) in [5.41, 5.74) is 6.63. The van der Waals surface area contributed by atoms with Crippen molar-refractivity contribution in [2.45, 2.75) is 78.7 Å². The number of rotatable bonds is 14. The zero-order valence-electron chi connectivity index (χ0n) is 21.1. The number of carbonyl (C=O) groups excluding carboxylic acids is 5. The van der Waals surface area contributed by atoms with Gasteiger partial charge in [0.1, 0.15) is 18.8 Å². The molecule has 10 heteroatoms. The van der Waals surface area contributed by atoms with E-state index >= 15 is 0 Å². The normalized spacial score (nSPS) is 13.5. The Morgan fingerprint density at radius 3 is 1.94 bits per heavy atom. The predicted octanol–water partition coefficient (Wildman–Crippen LogP) is 1.81. The maximum Gasteiger partial charge on any atom is 0.408 e. The Bertz CT molecular complexity index is 872. The van der Waals surface area contributed by atoms with E-state index in [0.29, 0.717) is 6.42 Å². The molecule has 1 aromatic rings. The molecule has 0 aliphatic heterocycles. The Kier molecular flexibility index (Phi) is 12.6. The summed E-state index contributed by atoms with van der Waals surface area (Å²) < 4.78 is 5.18. The van der Waals surface area contributed by atoms with Crippen molar-refractivity contribution in [2.75, 3.05) is 0 Å². The summed E-state index contributed by atoms with van der Waals surface area (Å²) >= 11 is 0. The Morgan fingerprint density at radius 2 is 1.40 bits per heavy atom. The minimum absolute atomic E-state index is 0.0364. The number of nitrogens with two attached hydrogens (primary N) is 1. The standard InChI is InChI=1S/C25H38N4O6/c1-15(2)11-19(27-17(5)30)21(31)13-22(32)23(26)29-24(33)20(12-16(3)4)28-25(34)35-14-18-9-7-6-8-10-18/h6-10,15-16,19-20,23H,11-14,26H2,1-5H3,(H,27,30)(H,28,34)(H,29,33)/t19-,20-,23?/m0/s1. The van der Waals surface area contributed by atoms with E-state index in [9.17, 15) is 24.0 Å². The summed E-state index contributed by atoms with van der Waals surface area (Å²) in [5.74, 6) is -2.06. The lowest BCUT2D eigenvalue weighted by molar-refractivity contribution is -0.134. The van der Waals surface area contributed by atoms with E-state index in [1.165, 1.54) is 6.92 Å². The summed E-state index contributed by atoms with van der Waals surface area (Å²) in [7, 11) is 0. The fourth-order valence-corrected chi connectivity index (χ4v) is 3.34. The van der Waals surface area contributed by atoms with Crippen molar-refractivity contribution in [1.29, 1.82) is 0 Å². The fraction of sp³-hybridized carbons (Fsp3) is 0.560. The van der Waals surface area contributed by atoms with Crippen LogP contribution in [0.2, 0.25) is 0 Å². The van der Waals surface area contributed by atoms with Crippen molar-refractivity contribution in [1.82, 2.24) is 16.0 Å². The largest absolute Gasteiger partial charge is 0.445 e. The van der Waals surface area contributed by atoms with Gasteiger partial charge in [-0.05, 0) is 30.2 Å². The molecule has 0 heterocycles. The van der Waals surface area contributed by atoms with Gasteiger partial charge in [-0.25, -0.2) is 4.79 Å². The molecular weight excluding hydrogens is 452 g/mol. The van der Waals surface area contributed by atoms with E-state index in [2.05, 4.69) is 16.0 Å². The van der Waals surface area contributed by atoms with Gasteiger partial charge in [0.25, 0.3) is 0 Å². The Hall–Kier alpha value is -3.27. The van der Waals surface area contributed by atoms with Crippen molar-refractivity contribution in [3.8, 4) is 0 Å². The van der Waals surface area contributed by atoms with Crippen molar-refractivity contribution in [2.24, 2.45) is 17.6 Å². The molecule has 0 aliphatic carbocycles. The third-order valence-electron chi connectivity index (χ3n) is 4.99. The zero-order chi connectivity index (χ0) is 26.5. The first-order valence-corrected chi connectivity index (χ1v) is 11.7. The molecule has 0 saturated heterocycles. The Balaban J connectivity index is 2.70. The van der Waals surface area contributed by atoms with Crippen LogP contribution in [0.5, 0.6) is 0 Å². The molecule has 1 rings (SSSR count). The molecule has 5 N–H and O–H groups in total. The molecule has 194 valence electrons. The van der Waals surface area contributed by atoms with E-state index in [-0.39, 0.29) is 30.8 Å². The molecule has 0 bridgehead atoms. The molecule has 0 spiro atoms. The zero-order valence-corrected chi connectivity index (χ0v) is 21.1. The lowest BCUT2D eigenvalue weighted by atomic mass is 9.96. The lowest BCUT2D eigenvalue weighted by Crippen LogP contribution is -2.55. The quantitative estimate of drug-likeness (QED) is 0.229. The second-order valence-electron chi connectivity index (χ2n) is 9.37. The van der Waals surface area contributed by atoms with Gasteiger partial charge in [-0.3, -0.25) is 19.2 Å². The van der Waals surface area contributed by atoms with Crippen LogP contribution in [0.1, 0.15) is 59.4 Å². The van der Waals surface area contributed by atoms with Crippen LogP contribution in [-0.4, -0.2) is 47.7 Å². The fourth-order valence-electron chi connectivity index (χ4n) is 3.34. The average molecular weight is 491 g/mol. The van der Waals surface area contributed by atoms with Crippen molar-refractivity contribution < 1.29 is 28.7 Å². The van der Waals surface area contributed by atoms with Crippen LogP contribution in [0.3, 0.4) is 0 Å². The second kappa shape index (κ2) is 14.9. The first kappa shape index (κ1) is 29.8. The van der Waals surface area contributed by atoms with Crippen LogP contribution in [0, 0.1) is 11.8 Å². The highest BCUT2D eigenvalue weighted by Gasteiger charge is 2.29. The van der Waals surface area contributed by atoms with Gasteiger partial charge in [0, 0.05) is 6.92 Å². The maximum absolute atomic E-state index is 12.8. The molecule has 3 atom stereocenters. The lowest BCUT2D eigenvalue weighted by Gasteiger charge is -2.23. The highest BCUT2D eigenvalue weighted by molar-refractivity contribution is 6.05. The summed E-state index contributed by atoms with van der Waals surface area (Å²) in [4.78, 5) is 61.5. The molecule has 3 amide bonds. The summed E-state index contributed by atoms with van der Waals surface area (Å²) in [5, 5.41) is 7.43. The van der Waals surface area contributed by atoms with E-state index < -0.39 is 48.2 Å². The summed E-state index contributed by atoms with van der Waals surface area (Å²) in [6.45, 7) is 8.86. The van der Waals surface area contributed by atoms with Gasteiger partial charge in [0.15, 0.2) is 11.6 Å². The van der Waals surface area contributed by atoms with E-state index in [0.717, 1.165) is 5.56 Å². The van der Waals surface area contributed by atoms with Crippen molar-refractivity contribution in [3.63, 3.8) is 0 Å². The Morgan fingerprint density at radius 1 is 0.829 bits per heavy atom. The van der Waals surface area contributed by atoms with E-state index in [1.54, 1.807) is 12.1 Å². The molecular formula is C25H38N4O6. The van der Waals surface area contributed by atoms with Gasteiger partial charge in [-0.2, -0.15) is 0 Å². The average Bonchev–Trinajstić information content (AvgIpc) is 2.76. The van der Waals surface area contributed by atoms with Gasteiger partial charge in [-0.15, -0.1) is 0 Å². The van der Waals surface area contributed by atoms with Crippen molar-refractivity contribution in [3.05, 3.63) is 35.9 Å². The number of ether oxygens (including phenoxy) is 1. The third kappa shape index (κ3) is 12.1. The number of hydrogen-bond donors (Lipinski definition) is 4. The highest BCUT2D eigenvalue weighted by Crippen LogP contribution is 2.09. The van der Waals surface area contributed by atoms with Crippen LogP contribution in [-0.2, 0) is 30.5 Å². The number of Topliss-reactive ketones (excluding diaryl/α,β-unsaturated/α-hetero) is 2. The molecule has 0 aliphatic rings. The van der Waals surface area contributed by atoms with E-state index in [4.69, 9.17) is 10.5 Å². The molecule has 0 saturated carbocycles. The monoisotopic (exact) mass is 490 g/mol. The van der Waals surface area contributed by atoms with E-state index in [1.807, 2.05) is 45.9 Å². The van der Waals surface area contributed by atoms with Crippen LogP contribution >= 0.6 is 0 Å². The van der Waals surface area contributed by atoms with Gasteiger partial charge in [0.2, 0.25) is 11.8 Å². The second-order valence-corrected chi connectivity index (χ2v) is 9.37. The number of amides is 3. The van der Waals surface area contributed by atoms with Crippen LogP contribution < -0.4 is 21.7 Å². The number of benzene rings is 1. The first-order valence-electron chi connectivity index (χ1n) is 11.7. The Labute approximate surface area is 206 Å². The van der Waals surface area contributed by atoms with Gasteiger partial charge in [0.05, 0.1) is 12.5 Å². The van der Waals surface area contributed by atoms with Gasteiger partial charge < -0.3 is 26.4 Å². The minimum Gasteiger partial charge on any atom is -0.445 e. The summed E-state index contributed by atoms with van der Waals surface area (Å²) in [6, 6.07) is 7.28. The SMILES string of the molecule is CC(=O)N[C@@H](CC(C)C)C(=O)CC(=O)C(N)NC(=O)[C@H](CC(C)C)NC(=O)OCc1ccccc1. The molecule has 0 fully saturated rings. The predicted molar refractivity (Wildman–Crippen MR) is 131 cm³/mol. The number of ketones is 2.